The minimum absolute atomic E-state index is 0.398. The summed E-state index contributed by atoms with van der Waals surface area (Å²) in [5.74, 6) is -3.95. The zero-order valence-electron chi connectivity index (χ0n) is 8.66. The van der Waals surface area contributed by atoms with E-state index in [0.29, 0.717) is 12.3 Å². The van der Waals surface area contributed by atoms with Crippen molar-refractivity contribution in [2.45, 2.75) is 12.1 Å². The zero-order chi connectivity index (χ0) is 14.1. The molecule has 0 saturated heterocycles. The van der Waals surface area contributed by atoms with Gasteiger partial charge >= 0.3 is 6.18 Å². The Labute approximate surface area is 104 Å². The van der Waals surface area contributed by atoms with Gasteiger partial charge in [0.2, 0.25) is 11.8 Å². The summed E-state index contributed by atoms with van der Waals surface area (Å²) in [6.45, 7) is 0. The van der Waals surface area contributed by atoms with E-state index >= 15 is 0 Å². The molecule has 0 saturated carbocycles. The summed E-state index contributed by atoms with van der Waals surface area (Å²) in [4.78, 5) is 25.3. The SMILES string of the molecule is NC(=O)C(C(N)=O)c1ncc(C(F)(F)F)cc1Cl. The molecule has 98 valence electrons. The molecule has 5 nitrogen and oxygen atoms in total. The molecule has 0 unspecified atom stereocenters. The molecule has 0 bridgehead atoms. The fourth-order valence-electron chi connectivity index (χ4n) is 1.23. The van der Waals surface area contributed by atoms with Crippen molar-refractivity contribution < 1.29 is 22.8 Å². The number of rotatable bonds is 3. The van der Waals surface area contributed by atoms with Crippen molar-refractivity contribution in [2.75, 3.05) is 0 Å². The van der Waals surface area contributed by atoms with Crippen LogP contribution in [0.4, 0.5) is 13.2 Å². The van der Waals surface area contributed by atoms with E-state index in [9.17, 15) is 22.8 Å². The Balaban J connectivity index is 3.28. The van der Waals surface area contributed by atoms with E-state index in [1.807, 2.05) is 0 Å². The first-order chi connectivity index (χ1) is 8.14. The second kappa shape index (κ2) is 4.81. The summed E-state index contributed by atoms with van der Waals surface area (Å²) in [5, 5.41) is -0.507. The van der Waals surface area contributed by atoms with Crippen molar-refractivity contribution >= 4 is 23.4 Å². The van der Waals surface area contributed by atoms with Crippen LogP contribution in [0.2, 0.25) is 5.02 Å². The lowest BCUT2D eigenvalue weighted by molar-refractivity contribution is -0.137. The average Bonchev–Trinajstić information content (AvgIpc) is 2.18. The lowest BCUT2D eigenvalue weighted by Crippen LogP contribution is -2.34. The van der Waals surface area contributed by atoms with Crippen molar-refractivity contribution in [1.29, 1.82) is 0 Å². The largest absolute Gasteiger partial charge is 0.417 e. The number of primary amides is 2. The molecule has 1 aromatic heterocycles. The van der Waals surface area contributed by atoms with Crippen LogP contribution >= 0.6 is 11.6 Å². The quantitative estimate of drug-likeness (QED) is 0.802. The van der Waals surface area contributed by atoms with E-state index < -0.39 is 40.2 Å². The van der Waals surface area contributed by atoms with Crippen LogP contribution < -0.4 is 11.5 Å². The molecule has 0 aromatic carbocycles. The van der Waals surface area contributed by atoms with Crippen LogP contribution in [0.25, 0.3) is 0 Å². The standard InChI is InChI=1S/C9H7ClF3N3O2/c10-4-1-3(9(11,12)13)2-16-6(4)5(7(14)17)8(15)18/h1-2,5H,(H2,14,17)(H2,15,18). The summed E-state index contributed by atoms with van der Waals surface area (Å²) in [5.41, 5.74) is 8.30. The van der Waals surface area contributed by atoms with Crippen LogP contribution in [0.1, 0.15) is 17.2 Å². The molecule has 0 aliphatic carbocycles. The number of carbonyl (C=O) groups excluding carboxylic acids is 2. The highest BCUT2D eigenvalue weighted by Crippen LogP contribution is 2.32. The van der Waals surface area contributed by atoms with Gasteiger partial charge in [0.1, 0.15) is 0 Å². The number of hydrogen-bond donors (Lipinski definition) is 2. The Hall–Kier alpha value is -1.83. The lowest BCUT2D eigenvalue weighted by Gasteiger charge is -2.12. The van der Waals surface area contributed by atoms with Crippen LogP contribution in [0.5, 0.6) is 0 Å². The molecule has 4 N–H and O–H groups in total. The third-order valence-corrected chi connectivity index (χ3v) is 2.34. The van der Waals surface area contributed by atoms with Gasteiger partial charge in [-0.25, -0.2) is 0 Å². The van der Waals surface area contributed by atoms with Crippen LogP contribution in [-0.2, 0) is 15.8 Å². The average molecular weight is 282 g/mol. The minimum Gasteiger partial charge on any atom is -0.369 e. The third kappa shape index (κ3) is 2.89. The Morgan fingerprint density at radius 1 is 1.28 bits per heavy atom. The van der Waals surface area contributed by atoms with Gasteiger partial charge in [0.15, 0.2) is 5.92 Å². The maximum atomic E-state index is 12.3. The summed E-state index contributed by atoms with van der Waals surface area (Å²) in [6, 6.07) is 0.544. The number of alkyl halides is 3. The first-order valence-electron chi connectivity index (χ1n) is 4.46. The van der Waals surface area contributed by atoms with Gasteiger partial charge in [0, 0.05) is 6.20 Å². The highest BCUT2D eigenvalue weighted by molar-refractivity contribution is 6.32. The fraction of sp³-hybridized carbons (Fsp3) is 0.222. The monoisotopic (exact) mass is 281 g/mol. The van der Waals surface area contributed by atoms with E-state index in [2.05, 4.69) is 4.98 Å². The van der Waals surface area contributed by atoms with Gasteiger partial charge in [0.25, 0.3) is 0 Å². The van der Waals surface area contributed by atoms with E-state index in [0.717, 1.165) is 0 Å². The van der Waals surface area contributed by atoms with Crippen molar-refractivity contribution in [3.63, 3.8) is 0 Å². The summed E-state index contributed by atoms with van der Waals surface area (Å²) in [6.07, 6.45) is -4.19. The fourth-order valence-corrected chi connectivity index (χ4v) is 1.50. The molecule has 0 spiro atoms. The number of pyridine rings is 1. The van der Waals surface area contributed by atoms with Gasteiger partial charge in [-0.15, -0.1) is 0 Å². The number of carbonyl (C=O) groups is 2. The second-order valence-corrected chi connectivity index (χ2v) is 3.73. The molecule has 1 heterocycles. The van der Waals surface area contributed by atoms with E-state index in [1.54, 1.807) is 0 Å². The second-order valence-electron chi connectivity index (χ2n) is 3.33. The molecule has 1 aromatic rings. The number of nitrogens with zero attached hydrogens (tertiary/aromatic N) is 1. The van der Waals surface area contributed by atoms with Gasteiger partial charge in [-0.2, -0.15) is 13.2 Å². The predicted molar refractivity (Wildman–Crippen MR) is 55.4 cm³/mol. The van der Waals surface area contributed by atoms with Crippen molar-refractivity contribution in [3.8, 4) is 0 Å². The minimum atomic E-state index is -4.63. The molecule has 0 radical (unpaired) electrons. The van der Waals surface area contributed by atoms with Gasteiger partial charge in [-0.3, -0.25) is 14.6 Å². The topological polar surface area (TPSA) is 99.1 Å². The van der Waals surface area contributed by atoms with Crippen molar-refractivity contribution in [3.05, 3.63) is 28.5 Å². The Morgan fingerprint density at radius 2 is 1.78 bits per heavy atom. The number of aromatic nitrogens is 1. The molecule has 1 rings (SSSR count). The van der Waals surface area contributed by atoms with Gasteiger partial charge in [0.05, 0.1) is 16.3 Å². The van der Waals surface area contributed by atoms with Crippen molar-refractivity contribution in [2.24, 2.45) is 11.5 Å². The van der Waals surface area contributed by atoms with Gasteiger partial charge in [-0.1, -0.05) is 11.6 Å². The van der Waals surface area contributed by atoms with Gasteiger partial charge < -0.3 is 11.5 Å². The highest BCUT2D eigenvalue weighted by Gasteiger charge is 2.34. The molecular weight excluding hydrogens is 275 g/mol. The first kappa shape index (κ1) is 14.2. The molecule has 0 aliphatic heterocycles. The smallest absolute Gasteiger partial charge is 0.369 e. The summed E-state index contributed by atoms with van der Waals surface area (Å²) < 4.78 is 37.0. The van der Waals surface area contributed by atoms with Gasteiger partial charge in [-0.05, 0) is 6.07 Å². The molecule has 0 atom stereocenters. The molecule has 0 aliphatic rings. The maximum Gasteiger partial charge on any atom is 0.417 e. The summed E-state index contributed by atoms with van der Waals surface area (Å²) in [7, 11) is 0. The van der Waals surface area contributed by atoms with Crippen LogP contribution in [0.15, 0.2) is 12.3 Å². The maximum absolute atomic E-state index is 12.3. The first-order valence-corrected chi connectivity index (χ1v) is 4.83. The van der Waals surface area contributed by atoms with E-state index in [-0.39, 0.29) is 0 Å². The molecular formula is C9H7ClF3N3O2. The number of amides is 2. The number of hydrogen-bond acceptors (Lipinski definition) is 3. The van der Waals surface area contributed by atoms with Crippen LogP contribution in [0, 0.1) is 0 Å². The summed E-state index contributed by atoms with van der Waals surface area (Å²) >= 11 is 5.54. The van der Waals surface area contributed by atoms with Crippen molar-refractivity contribution in [1.82, 2.24) is 4.98 Å². The zero-order valence-corrected chi connectivity index (χ0v) is 9.42. The number of nitrogens with two attached hydrogens (primary N) is 2. The normalized spacial score (nSPS) is 11.6. The Kier molecular flexibility index (Phi) is 3.80. The third-order valence-electron chi connectivity index (χ3n) is 2.04. The van der Waals surface area contributed by atoms with Crippen LogP contribution in [0.3, 0.4) is 0 Å². The Morgan fingerprint density at radius 3 is 2.11 bits per heavy atom. The predicted octanol–water partition coefficient (Wildman–Crippen LogP) is 0.808. The Bertz CT molecular complexity index is 490. The molecule has 9 heteroatoms. The molecule has 2 amide bonds. The van der Waals surface area contributed by atoms with E-state index in [1.165, 1.54) is 0 Å². The van der Waals surface area contributed by atoms with Crippen LogP contribution in [-0.4, -0.2) is 16.8 Å². The molecule has 18 heavy (non-hydrogen) atoms. The molecule has 0 fully saturated rings. The highest BCUT2D eigenvalue weighted by atomic mass is 35.5. The van der Waals surface area contributed by atoms with E-state index in [4.69, 9.17) is 23.1 Å². The number of halogens is 4. The lowest BCUT2D eigenvalue weighted by atomic mass is 10.0.